The molecular weight excluding hydrogens is 392 g/mol. The Morgan fingerprint density at radius 3 is 2.67 bits per heavy atom. The van der Waals surface area contributed by atoms with Crippen molar-refractivity contribution in [2.24, 2.45) is 5.10 Å². The third kappa shape index (κ3) is 4.34. The number of nitrogens with one attached hydrogen (secondary N) is 1. The van der Waals surface area contributed by atoms with Gasteiger partial charge in [0.05, 0.1) is 33.5 Å². The van der Waals surface area contributed by atoms with Crippen LogP contribution in [0, 0.1) is 17.1 Å². The van der Waals surface area contributed by atoms with Gasteiger partial charge in [-0.2, -0.15) is 10.4 Å². The predicted octanol–water partition coefficient (Wildman–Crippen LogP) is 5.03. The standard InChI is InChI=1S/C19H10Cl2FN3O2/c20-15-5-2-12(8-16(15)21)18-6-3-13(27-18)10-24-25-19(26)14-4-1-11(9-23)7-17(14)22/h1-8,10H,(H,25,26)/b24-10+. The summed E-state index contributed by atoms with van der Waals surface area (Å²) >= 11 is 11.9. The molecule has 0 spiro atoms. The van der Waals surface area contributed by atoms with Crippen molar-refractivity contribution in [2.45, 2.75) is 0 Å². The lowest BCUT2D eigenvalue weighted by Gasteiger charge is -2.01. The molecule has 3 rings (SSSR count). The molecule has 0 aliphatic rings. The van der Waals surface area contributed by atoms with Crippen LogP contribution in [0.1, 0.15) is 21.7 Å². The molecule has 1 N–H and O–H groups in total. The van der Waals surface area contributed by atoms with E-state index in [0.717, 1.165) is 11.6 Å². The van der Waals surface area contributed by atoms with Crippen molar-refractivity contribution in [3.8, 4) is 17.4 Å². The van der Waals surface area contributed by atoms with Crippen LogP contribution >= 0.6 is 23.2 Å². The molecule has 0 fully saturated rings. The van der Waals surface area contributed by atoms with E-state index in [1.165, 1.54) is 18.3 Å². The van der Waals surface area contributed by atoms with Crippen LogP contribution in [-0.2, 0) is 0 Å². The molecule has 0 aliphatic carbocycles. The molecule has 0 unspecified atom stereocenters. The molecule has 5 nitrogen and oxygen atoms in total. The molecule has 8 heteroatoms. The van der Waals surface area contributed by atoms with Gasteiger partial charge in [0.15, 0.2) is 0 Å². The average Bonchev–Trinajstić information content (AvgIpc) is 3.12. The molecule has 0 atom stereocenters. The fourth-order valence-electron chi connectivity index (χ4n) is 2.21. The zero-order chi connectivity index (χ0) is 19.4. The summed E-state index contributed by atoms with van der Waals surface area (Å²) < 4.78 is 19.4. The molecule has 1 amide bonds. The highest BCUT2D eigenvalue weighted by Crippen LogP contribution is 2.29. The largest absolute Gasteiger partial charge is 0.455 e. The Hall–Kier alpha value is -3.14. The Morgan fingerprint density at radius 1 is 1.15 bits per heavy atom. The van der Waals surface area contributed by atoms with Crippen molar-refractivity contribution in [3.05, 3.63) is 81.3 Å². The summed E-state index contributed by atoms with van der Waals surface area (Å²) in [4.78, 5) is 11.9. The first-order valence-corrected chi connectivity index (χ1v) is 8.32. The Kier molecular flexibility index (Phi) is 5.55. The number of furan rings is 1. The average molecular weight is 402 g/mol. The van der Waals surface area contributed by atoms with Crippen molar-refractivity contribution in [1.29, 1.82) is 5.26 Å². The van der Waals surface area contributed by atoms with Crippen LogP contribution in [0.3, 0.4) is 0 Å². The predicted molar refractivity (Wildman–Crippen MR) is 100 cm³/mol. The Balaban J connectivity index is 1.68. The van der Waals surface area contributed by atoms with E-state index in [2.05, 4.69) is 10.5 Å². The first kappa shape index (κ1) is 18.6. The second-order valence-electron chi connectivity index (χ2n) is 5.34. The van der Waals surface area contributed by atoms with Gasteiger partial charge in [-0.05, 0) is 48.5 Å². The minimum absolute atomic E-state index is 0.123. The molecule has 1 heterocycles. The van der Waals surface area contributed by atoms with Gasteiger partial charge in [0.2, 0.25) is 0 Å². The van der Waals surface area contributed by atoms with Crippen molar-refractivity contribution >= 4 is 35.3 Å². The molecule has 1 aromatic heterocycles. The van der Waals surface area contributed by atoms with E-state index >= 15 is 0 Å². The minimum Gasteiger partial charge on any atom is -0.455 e. The lowest BCUT2D eigenvalue weighted by molar-refractivity contribution is 0.0951. The highest BCUT2D eigenvalue weighted by molar-refractivity contribution is 6.42. The fraction of sp³-hybridized carbons (Fsp3) is 0. The first-order chi connectivity index (χ1) is 13.0. The number of halogens is 3. The van der Waals surface area contributed by atoms with Gasteiger partial charge in [-0.1, -0.05) is 23.2 Å². The number of hydrazone groups is 1. The number of hydrogen-bond donors (Lipinski definition) is 1. The van der Waals surface area contributed by atoms with Crippen molar-refractivity contribution in [1.82, 2.24) is 5.43 Å². The number of nitrogens with zero attached hydrogens (tertiary/aromatic N) is 2. The summed E-state index contributed by atoms with van der Waals surface area (Å²) in [6, 6.07) is 13.8. The van der Waals surface area contributed by atoms with E-state index in [9.17, 15) is 9.18 Å². The quantitative estimate of drug-likeness (QED) is 0.491. The lowest BCUT2D eigenvalue weighted by Crippen LogP contribution is -2.19. The summed E-state index contributed by atoms with van der Waals surface area (Å²) in [6.07, 6.45) is 1.28. The number of rotatable bonds is 4. The van der Waals surface area contributed by atoms with Gasteiger partial charge in [-0.3, -0.25) is 4.79 Å². The van der Waals surface area contributed by atoms with E-state index in [0.29, 0.717) is 21.6 Å². The number of carbonyl (C=O) groups is 1. The number of carbonyl (C=O) groups excluding carboxylic acids is 1. The molecule has 2 aromatic carbocycles. The van der Waals surface area contributed by atoms with Crippen LogP contribution in [0.5, 0.6) is 0 Å². The van der Waals surface area contributed by atoms with Crippen LogP contribution in [-0.4, -0.2) is 12.1 Å². The zero-order valence-electron chi connectivity index (χ0n) is 13.5. The topological polar surface area (TPSA) is 78.4 Å². The fourth-order valence-corrected chi connectivity index (χ4v) is 2.51. The maximum atomic E-state index is 13.8. The molecule has 3 aromatic rings. The molecule has 0 radical (unpaired) electrons. The van der Waals surface area contributed by atoms with E-state index in [4.69, 9.17) is 32.9 Å². The molecule has 0 saturated carbocycles. The third-order valence-corrected chi connectivity index (χ3v) is 4.27. The van der Waals surface area contributed by atoms with Gasteiger partial charge in [-0.25, -0.2) is 9.82 Å². The smallest absolute Gasteiger partial charge is 0.274 e. The maximum absolute atomic E-state index is 13.8. The number of benzene rings is 2. The van der Waals surface area contributed by atoms with Crippen molar-refractivity contribution in [2.75, 3.05) is 0 Å². The molecule has 134 valence electrons. The van der Waals surface area contributed by atoms with Crippen LogP contribution < -0.4 is 5.43 Å². The van der Waals surface area contributed by atoms with E-state index in [-0.39, 0.29) is 11.1 Å². The summed E-state index contributed by atoms with van der Waals surface area (Å²) in [6.45, 7) is 0. The number of nitriles is 1. The maximum Gasteiger partial charge on any atom is 0.274 e. The summed E-state index contributed by atoms with van der Waals surface area (Å²) in [5, 5.41) is 13.3. The molecule has 0 aliphatic heterocycles. The van der Waals surface area contributed by atoms with Crippen LogP contribution in [0.25, 0.3) is 11.3 Å². The molecule has 0 saturated heterocycles. The van der Waals surface area contributed by atoms with E-state index in [1.54, 1.807) is 36.4 Å². The number of amides is 1. The first-order valence-electron chi connectivity index (χ1n) is 7.56. The summed E-state index contributed by atoms with van der Waals surface area (Å²) in [5.74, 6) is -0.637. The van der Waals surface area contributed by atoms with Gasteiger partial charge in [-0.15, -0.1) is 0 Å². The van der Waals surface area contributed by atoms with Crippen molar-refractivity contribution < 1.29 is 13.6 Å². The van der Waals surface area contributed by atoms with Gasteiger partial charge < -0.3 is 4.42 Å². The van der Waals surface area contributed by atoms with Gasteiger partial charge in [0.1, 0.15) is 17.3 Å². The molecule has 0 bridgehead atoms. The highest BCUT2D eigenvalue weighted by atomic mass is 35.5. The summed E-state index contributed by atoms with van der Waals surface area (Å²) in [5.41, 5.74) is 2.83. The van der Waals surface area contributed by atoms with E-state index in [1.807, 2.05) is 0 Å². The molecular formula is C19H10Cl2FN3O2. The summed E-state index contributed by atoms with van der Waals surface area (Å²) in [7, 11) is 0. The van der Waals surface area contributed by atoms with Crippen LogP contribution in [0.4, 0.5) is 4.39 Å². The van der Waals surface area contributed by atoms with Gasteiger partial charge >= 0.3 is 0 Å². The second kappa shape index (κ2) is 8.04. The monoisotopic (exact) mass is 401 g/mol. The Bertz CT molecular complexity index is 1090. The third-order valence-electron chi connectivity index (χ3n) is 3.53. The SMILES string of the molecule is N#Cc1ccc(C(=O)N/N=C/c2ccc(-c3ccc(Cl)c(Cl)c3)o2)c(F)c1. The lowest BCUT2D eigenvalue weighted by atomic mass is 10.1. The van der Waals surface area contributed by atoms with Crippen LogP contribution in [0.2, 0.25) is 10.0 Å². The molecule has 27 heavy (non-hydrogen) atoms. The van der Waals surface area contributed by atoms with Crippen molar-refractivity contribution in [3.63, 3.8) is 0 Å². The Morgan fingerprint density at radius 2 is 1.96 bits per heavy atom. The van der Waals surface area contributed by atoms with Crippen LogP contribution in [0.15, 0.2) is 58.0 Å². The minimum atomic E-state index is -0.804. The normalized spacial score (nSPS) is 10.7. The van der Waals surface area contributed by atoms with Gasteiger partial charge in [0, 0.05) is 5.56 Å². The highest BCUT2D eigenvalue weighted by Gasteiger charge is 2.11. The number of hydrogen-bond acceptors (Lipinski definition) is 4. The second-order valence-corrected chi connectivity index (χ2v) is 6.15. The van der Waals surface area contributed by atoms with Gasteiger partial charge in [0.25, 0.3) is 5.91 Å². The van der Waals surface area contributed by atoms with E-state index < -0.39 is 11.7 Å². The zero-order valence-corrected chi connectivity index (χ0v) is 15.1. The Labute approximate surface area is 163 Å².